The summed E-state index contributed by atoms with van der Waals surface area (Å²) in [5.41, 5.74) is 2.43. The van der Waals surface area contributed by atoms with Gasteiger partial charge < -0.3 is 9.64 Å². The maximum absolute atomic E-state index is 13.4. The first-order valence-corrected chi connectivity index (χ1v) is 10.4. The molecule has 1 atom stereocenters. The molecule has 1 heterocycles. The van der Waals surface area contributed by atoms with E-state index in [1.54, 1.807) is 33.1 Å². The van der Waals surface area contributed by atoms with Crippen LogP contribution >= 0.6 is 0 Å². The third kappa shape index (κ3) is 5.55. The van der Waals surface area contributed by atoms with Crippen molar-refractivity contribution in [3.05, 3.63) is 71.5 Å². The largest absolute Gasteiger partial charge is 0.383 e. The van der Waals surface area contributed by atoms with Gasteiger partial charge in [0, 0.05) is 26.0 Å². The van der Waals surface area contributed by atoms with Crippen LogP contribution in [0.25, 0.3) is 0 Å². The normalized spacial score (nSPS) is 15.8. The van der Waals surface area contributed by atoms with Crippen LogP contribution in [-0.2, 0) is 14.3 Å². The van der Waals surface area contributed by atoms with Crippen molar-refractivity contribution in [2.45, 2.75) is 26.3 Å². The molecule has 0 saturated carbocycles. The molecular formula is C24H28FN3O3. The molecule has 2 aromatic carbocycles. The maximum atomic E-state index is 13.4. The van der Waals surface area contributed by atoms with Gasteiger partial charge in [-0.3, -0.25) is 9.59 Å². The minimum Gasteiger partial charge on any atom is -0.383 e. The molecule has 3 rings (SSSR count). The van der Waals surface area contributed by atoms with Crippen LogP contribution in [0, 0.1) is 11.7 Å². The van der Waals surface area contributed by atoms with E-state index in [1.165, 1.54) is 22.0 Å². The van der Waals surface area contributed by atoms with Gasteiger partial charge in [-0.05, 0) is 23.3 Å². The summed E-state index contributed by atoms with van der Waals surface area (Å²) >= 11 is 0. The smallest absolute Gasteiger partial charge is 0.262 e. The molecule has 164 valence electrons. The number of rotatable bonds is 8. The van der Waals surface area contributed by atoms with Crippen LogP contribution < -0.4 is 0 Å². The number of methoxy groups -OCH3 is 1. The quantitative estimate of drug-likeness (QED) is 0.649. The van der Waals surface area contributed by atoms with Gasteiger partial charge in [0.1, 0.15) is 12.4 Å². The first-order chi connectivity index (χ1) is 14.9. The summed E-state index contributed by atoms with van der Waals surface area (Å²) in [6, 6.07) is 15.5. The Hall–Kier alpha value is -3.06. The number of carbonyl (C=O) groups is 2. The Kier molecular flexibility index (Phi) is 7.52. The van der Waals surface area contributed by atoms with E-state index in [1.807, 2.05) is 30.3 Å². The molecule has 6 nitrogen and oxygen atoms in total. The molecule has 1 aliphatic heterocycles. The lowest BCUT2D eigenvalue weighted by Crippen LogP contribution is -2.44. The van der Waals surface area contributed by atoms with E-state index >= 15 is 0 Å². The SMILES string of the molecule is COCCN(CC(=O)N1N=C(c2ccc(F)cc2)CC1c1ccccc1)C(=O)C(C)C. The molecule has 0 bridgehead atoms. The summed E-state index contributed by atoms with van der Waals surface area (Å²) in [5, 5.41) is 6.05. The van der Waals surface area contributed by atoms with E-state index in [0.717, 1.165) is 11.1 Å². The second kappa shape index (κ2) is 10.3. The molecule has 0 fully saturated rings. The van der Waals surface area contributed by atoms with E-state index in [0.29, 0.717) is 25.3 Å². The van der Waals surface area contributed by atoms with Crippen LogP contribution in [0.1, 0.15) is 37.4 Å². The van der Waals surface area contributed by atoms with E-state index in [2.05, 4.69) is 5.10 Å². The molecule has 0 spiro atoms. The summed E-state index contributed by atoms with van der Waals surface area (Å²) in [7, 11) is 1.56. The van der Waals surface area contributed by atoms with Gasteiger partial charge in [-0.15, -0.1) is 0 Å². The van der Waals surface area contributed by atoms with Crippen molar-refractivity contribution < 1.29 is 18.7 Å². The number of benzene rings is 2. The van der Waals surface area contributed by atoms with Gasteiger partial charge in [-0.2, -0.15) is 5.10 Å². The number of hydrogen-bond donors (Lipinski definition) is 0. The minimum absolute atomic E-state index is 0.0795. The lowest BCUT2D eigenvalue weighted by molar-refractivity contribution is -0.143. The minimum atomic E-state index is -0.323. The van der Waals surface area contributed by atoms with Crippen LogP contribution in [-0.4, -0.2) is 54.2 Å². The zero-order chi connectivity index (χ0) is 22.4. The number of amides is 2. The molecule has 1 aliphatic rings. The Morgan fingerprint density at radius 3 is 2.45 bits per heavy atom. The Balaban J connectivity index is 1.87. The van der Waals surface area contributed by atoms with Crippen molar-refractivity contribution in [3.8, 4) is 0 Å². The predicted octanol–water partition coefficient (Wildman–Crippen LogP) is 3.63. The van der Waals surface area contributed by atoms with Gasteiger partial charge in [0.2, 0.25) is 5.91 Å². The Labute approximate surface area is 182 Å². The lowest BCUT2D eigenvalue weighted by Gasteiger charge is -2.28. The molecule has 2 aromatic rings. The van der Waals surface area contributed by atoms with Crippen molar-refractivity contribution in [3.63, 3.8) is 0 Å². The summed E-state index contributed by atoms with van der Waals surface area (Å²) in [6.45, 7) is 4.21. The van der Waals surface area contributed by atoms with Gasteiger partial charge in [0.15, 0.2) is 0 Å². The zero-order valence-corrected chi connectivity index (χ0v) is 18.1. The molecule has 0 saturated heterocycles. The number of carbonyl (C=O) groups excluding carboxylic acids is 2. The fourth-order valence-electron chi connectivity index (χ4n) is 3.56. The van der Waals surface area contributed by atoms with E-state index in [9.17, 15) is 14.0 Å². The highest BCUT2D eigenvalue weighted by Crippen LogP contribution is 2.33. The van der Waals surface area contributed by atoms with Crippen LogP contribution in [0.5, 0.6) is 0 Å². The molecule has 0 aromatic heterocycles. The average molecular weight is 426 g/mol. The number of nitrogens with zero attached hydrogens (tertiary/aromatic N) is 3. The fourth-order valence-corrected chi connectivity index (χ4v) is 3.56. The first-order valence-electron chi connectivity index (χ1n) is 10.4. The third-order valence-electron chi connectivity index (χ3n) is 5.22. The molecule has 0 aliphatic carbocycles. The first kappa shape index (κ1) is 22.6. The average Bonchev–Trinajstić information content (AvgIpc) is 3.22. The fraction of sp³-hybridized carbons (Fsp3) is 0.375. The highest BCUT2D eigenvalue weighted by atomic mass is 19.1. The van der Waals surface area contributed by atoms with Gasteiger partial charge >= 0.3 is 0 Å². The van der Waals surface area contributed by atoms with Gasteiger partial charge in [-0.25, -0.2) is 9.40 Å². The zero-order valence-electron chi connectivity index (χ0n) is 18.1. The Morgan fingerprint density at radius 2 is 1.84 bits per heavy atom. The number of halogens is 1. The van der Waals surface area contributed by atoms with Gasteiger partial charge in [-0.1, -0.05) is 56.3 Å². The number of hydrogen-bond acceptors (Lipinski definition) is 4. The third-order valence-corrected chi connectivity index (χ3v) is 5.22. The highest BCUT2D eigenvalue weighted by Gasteiger charge is 2.34. The predicted molar refractivity (Wildman–Crippen MR) is 117 cm³/mol. The van der Waals surface area contributed by atoms with Crippen LogP contribution in [0.15, 0.2) is 59.7 Å². The highest BCUT2D eigenvalue weighted by molar-refractivity contribution is 6.03. The van der Waals surface area contributed by atoms with Crippen molar-refractivity contribution in [1.29, 1.82) is 0 Å². The number of hydrazone groups is 1. The standard InChI is InChI=1S/C24H28FN3O3/c1-17(2)24(30)27(13-14-31-3)16-23(29)28-22(19-7-5-4-6-8-19)15-21(26-28)18-9-11-20(25)12-10-18/h4-12,17,22H,13-16H2,1-3H3. The van der Waals surface area contributed by atoms with E-state index in [4.69, 9.17) is 4.74 Å². The molecule has 0 N–H and O–H groups in total. The molecular weight excluding hydrogens is 397 g/mol. The summed E-state index contributed by atoms with van der Waals surface area (Å²) in [4.78, 5) is 27.4. The van der Waals surface area contributed by atoms with Crippen molar-refractivity contribution in [2.24, 2.45) is 11.0 Å². The molecule has 1 unspecified atom stereocenters. The van der Waals surface area contributed by atoms with E-state index < -0.39 is 0 Å². The Morgan fingerprint density at radius 1 is 1.16 bits per heavy atom. The summed E-state index contributed by atoms with van der Waals surface area (Å²) in [5.74, 6) is -0.929. The van der Waals surface area contributed by atoms with Crippen LogP contribution in [0.2, 0.25) is 0 Å². The topological polar surface area (TPSA) is 62.2 Å². The molecule has 0 radical (unpaired) electrons. The maximum Gasteiger partial charge on any atom is 0.262 e. The molecule has 2 amide bonds. The summed E-state index contributed by atoms with van der Waals surface area (Å²) in [6.07, 6.45) is 0.511. The molecule has 7 heteroatoms. The van der Waals surface area contributed by atoms with E-state index in [-0.39, 0.29) is 36.1 Å². The second-order valence-corrected chi connectivity index (χ2v) is 7.83. The summed E-state index contributed by atoms with van der Waals surface area (Å²) < 4.78 is 18.5. The van der Waals surface area contributed by atoms with Crippen molar-refractivity contribution >= 4 is 17.5 Å². The second-order valence-electron chi connectivity index (χ2n) is 7.83. The van der Waals surface area contributed by atoms with Crippen molar-refractivity contribution in [1.82, 2.24) is 9.91 Å². The number of ether oxygens (including phenoxy) is 1. The van der Waals surface area contributed by atoms with Crippen molar-refractivity contribution in [2.75, 3.05) is 26.8 Å². The lowest BCUT2D eigenvalue weighted by atomic mass is 9.98. The van der Waals surface area contributed by atoms with Crippen LogP contribution in [0.4, 0.5) is 4.39 Å². The molecule has 31 heavy (non-hydrogen) atoms. The monoisotopic (exact) mass is 425 g/mol. The van der Waals surface area contributed by atoms with Gasteiger partial charge in [0.05, 0.1) is 18.4 Å². The Bertz CT molecular complexity index is 929. The van der Waals surface area contributed by atoms with Crippen LogP contribution in [0.3, 0.4) is 0 Å². The van der Waals surface area contributed by atoms with Gasteiger partial charge in [0.25, 0.3) is 5.91 Å².